The molecule has 0 atom stereocenters. The Kier molecular flexibility index (Phi) is 6.11. The van der Waals surface area contributed by atoms with Crippen LogP contribution in [0.2, 0.25) is 0 Å². The molecule has 1 aromatic heterocycles. The molecule has 5 rings (SSSR count). The quantitative estimate of drug-likeness (QED) is 0.392. The molecule has 0 saturated carbocycles. The fourth-order valence-corrected chi connectivity index (χ4v) is 4.48. The highest BCUT2D eigenvalue weighted by Crippen LogP contribution is 2.27. The van der Waals surface area contributed by atoms with Crippen LogP contribution in [-0.2, 0) is 11.3 Å². The number of likely N-dealkylation sites (tertiary alicyclic amines) is 1. The number of methoxy groups -OCH3 is 1. The molecule has 0 spiro atoms. The number of ketones is 1. The second-order valence-electron chi connectivity index (χ2n) is 8.54. The summed E-state index contributed by atoms with van der Waals surface area (Å²) in [6, 6.07) is 25.2. The van der Waals surface area contributed by atoms with Crippen LogP contribution in [0.15, 0.2) is 90.6 Å². The van der Waals surface area contributed by atoms with Gasteiger partial charge < -0.3 is 4.74 Å². The second kappa shape index (κ2) is 9.49. The molecule has 0 aliphatic carbocycles. The van der Waals surface area contributed by atoms with Gasteiger partial charge in [0, 0.05) is 54.3 Å². The molecule has 0 bridgehead atoms. The first kappa shape index (κ1) is 21.9. The largest absolute Gasteiger partial charge is 0.497 e. The lowest BCUT2D eigenvalue weighted by atomic mass is 9.99. The molecule has 4 aromatic rings. The second-order valence-corrected chi connectivity index (χ2v) is 8.54. The van der Waals surface area contributed by atoms with Crippen molar-refractivity contribution >= 4 is 28.7 Å². The third-order valence-corrected chi connectivity index (χ3v) is 6.28. The number of para-hydroxylation sites is 1. The summed E-state index contributed by atoms with van der Waals surface area (Å²) in [5.74, 6) is 0.752. The molecule has 2 heterocycles. The fourth-order valence-electron chi connectivity index (χ4n) is 4.48. The van der Waals surface area contributed by atoms with Gasteiger partial charge in [-0.2, -0.15) is 0 Å². The predicted molar refractivity (Wildman–Crippen MR) is 134 cm³/mol. The summed E-state index contributed by atoms with van der Waals surface area (Å²) in [4.78, 5) is 28.4. The first-order chi connectivity index (χ1) is 16.6. The van der Waals surface area contributed by atoms with E-state index in [4.69, 9.17) is 4.74 Å². The molecule has 5 nitrogen and oxygen atoms in total. The Balaban J connectivity index is 1.47. The monoisotopic (exact) mass is 450 g/mol. The molecule has 34 heavy (non-hydrogen) atoms. The van der Waals surface area contributed by atoms with Gasteiger partial charge in [0.15, 0.2) is 5.78 Å². The van der Waals surface area contributed by atoms with Gasteiger partial charge in [0.05, 0.1) is 12.6 Å². The Labute approximate surface area is 198 Å². The minimum Gasteiger partial charge on any atom is -0.497 e. The zero-order chi connectivity index (χ0) is 23.5. The highest BCUT2D eigenvalue weighted by molar-refractivity contribution is 6.07. The third kappa shape index (κ3) is 4.43. The van der Waals surface area contributed by atoms with Gasteiger partial charge in [-0.25, -0.2) is 0 Å². The molecule has 170 valence electrons. The van der Waals surface area contributed by atoms with Crippen molar-refractivity contribution < 1.29 is 14.3 Å². The molecule has 0 unspecified atom stereocenters. The Morgan fingerprint density at radius 2 is 1.71 bits per heavy atom. The minimum absolute atomic E-state index is 0.121. The van der Waals surface area contributed by atoms with Crippen molar-refractivity contribution in [1.29, 1.82) is 0 Å². The zero-order valence-corrected chi connectivity index (χ0v) is 19.1. The summed E-state index contributed by atoms with van der Waals surface area (Å²) in [7, 11) is 1.60. The van der Waals surface area contributed by atoms with E-state index in [-0.39, 0.29) is 11.7 Å². The lowest BCUT2D eigenvalue weighted by molar-refractivity contribution is -0.117. The standard InChI is InChI=1S/C29H26N2O3/c1-34-25-13-11-22(12-14-25)29(33)31-20-23(26-9-5-6-10-27(26)31)17-24-19-30(16-15-28(24)32)18-21-7-3-2-4-8-21/h2-14,17,20H,15-16,18-19H2,1H3/b24-17+. The molecule has 1 aliphatic heterocycles. The van der Waals surface area contributed by atoms with E-state index in [2.05, 4.69) is 17.0 Å². The zero-order valence-electron chi connectivity index (χ0n) is 19.1. The molecule has 0 radical (unpaired) electrons. The average Bonchev–Trinajstić information content (AvgIpc) is 3.25. The number of rotatable bonds is 5. The third-order valence-electron chi connectivity index (χ3n) is 6.28. The Bertz CT molecular complexity index is 1370. The molecular formula is C29H26N2O3. The maximum absolute atomic E-state index is 13.3. The first-order valence-electron chi connectivity index (χ1n) is 11.4. The van der Waals surface area contributed by atoms with Gasteiger partial charge in [0.25, 0.3) is 5.91 Å². The van der Waals surface area contributed by atoms with Crippen LogP contribution in [0.1, 0.15) is 27.9 Å². The topological polar surface area (TPSA) is 51.5 Å². The number of aromatic nitrogens is 1. The van der Waals surface area contributed by atoms with E-state index in [1.807, 2.05) is 54.7 Å². The number of carbonyl (C=O) groups excluding carboxylic acids is 2. The number of Topliss-reactive ketones (excluding diaryl/α,β-unsaturated/α-hetero) is 1. The molecule has 1 saturated heterocycles. The molecule has 5 heteroatoms. The number of piperidine rings is 1. The summed E-state index contributed by atoms with van der Waals surface area (Å²) in [5, 5.41) is 0.949. The minimum atomic E-state index is -0.121. The molecule has 1 aliphatic rings. The van der Waals surface area contributed by atoms with Gasteiger partial charge in [-0.05, 0) is 42.0 Å². The number of hydrogen-bond acceptors (Lipinski definition) is 4. The molecule has 3 aromatic carbocycles. The molecule has 0 amide bonds. The van der Waals surface area contributed by atoms with Crippen molar-refractivity contribution in [2.45, 2.75) is 13.0 Å². The van der Waals surface area contributed by atoms with Gasteiger partial charge in [-0.15, -0.1) is 0 Å². The average molecular weight is 451 g/mol. The summed E-state index contributed by atoms with van der Waals surface area (Å²) in [5.41, 5.74) is 4.28. The number of nitrogens with zero attached hydrogens (tertiary/aromatic N) is 2. The van der Waals surface area contributed by atoms with Crippen LogP contribution >= 0.6 is 0 Å². The van der Waals surface area contributed by atoms with E-state index in [1.165, 1.54) is 5.56 Å². The highest BCUT2D eigenvalue weighted by atomic mass is 16.5. The van der Waals surface area contributed by atoms with Crippen molar-refractivity contribution in [3.8, 4) is 5.75 Å². The van der Waals surface area contributed by atoms with Crippen LogP contribution in [0.25, 0.3) is 17.0 Å². The van der Waals surface area contributed by atoms with Crippen molar-refractivity contribution in [3.63, 3.8) is 0 Å². The van der Waals surface area contributed by atoms with E-state index in [1.54, 1.807) is 35.9 Å². The Morgan fingerprint density at radius 1 is 0.971 bits per heavy atom. The van der Waals surface area contributed by atoms with Gasteiger partial charge in [-0.3, -0.25) is 19.1 Å². The van der Waals surface area contributed by atoms with Crippen molar-refractivity contribution in [3.05, 3.63) is 107 Å². The number of hydrogen-bond donors (Lipinski definition) is 0. The van der Waals surface area contributed by atoms with E-state index >= 15 is 0 Å². The van der Waals surface area contributed by atoms with Crippen molar-refractivity contribution in [2.24, 2.45) is 0 Å². The van der Waals surface area contributed by atoms with E-state index < -0.39 is 0 Å². The first-order valence-corrected chi connectivity index (χ1v) is 11.4. The van der Waals surface area contributed by atoms with Gasteiger partial charge >= 0.3 is 0 Å². The summed E-state index contributed by atoms with van der Waals surface area (Å²) in [6.07, 6.45) is 4.30. The fraction of sp³-hybridized carbons (Fsp3) is 0.172. The Morgan fingerprint density at radius 3 is 2.47 bits per heavy atom. The predicted octanol–water partition coefficient (Wildman–Crippen LogP) is 5.20. The smallest absolute Gasteiger partial charge is 0.262 e. The maximum atomic E-state index is 13.3. The van der Waals surface area contributed by atoms with Crippen LogP contribution in [0.4, 0.5) is 0 Å². The van der Waals surface area contributed by atoms with Crippen molar-refractivity contribution in [1.82, 2.24) is 9.47 Å². The number of carbonyl (C=O) groups is 2. The van der Waals surface area contributed by atoms with E-state index in [0.717, 1.165) is 35.1 Å². The van der Waals surface area contributed by atoms with E-state index in [0.29, 0.717) is 24.3 Å². The van der Waals surface area contributed by atoms with Crippen LogP contribution < -0.4 is 4.74 Å². The number of benzene rings is 3. The van der Waals surface area contributed by atoms with Gasteiger partial charge in [0.1, 0.15) is 5.75 Å². The summed E-state index contributed by atoms with van der Waals surface area (Å²) in [6.45, 7) is 2.16. The Hall–Kier alpha value is -3.96. The maximum Gasteiger partial charge on any atom is 0.262 e. The normalized spacial score (nSPS) is 15.7. The van der Waals surface area contributed by atoms with Crippen LogP contribution in [0, 0.1) is 0 Å². The lowest BCUT2D eigenvalue weighted by Crippen LogP contribution is -2.35. The summed E-state index contributed by atoms with van der Waals surface area (Å²) < 4.78 is 6.87. The van der Waals surface area contributed by atoms with Crippen molar-refractivity contribution in [2.75, 3.05) is 20.2 Å². The number of fused-ring (bicyclic) bond motifs is 1. The SMILES string of the molecule is COc1ccc(C(=O)n2cc(/C=C3\CN(Cc4ccccc4)CCC3=O)c3ccccc32)cc1. The van der Waals surface area contributed by atoms with Crippen LogP contribution in [0.5, 0.6) is 5.75 Å². The summed E-state index contributed by atoms with van der Waals surface area (Å²) >= 11 is 0. The van der Waals surface area contributed by atoms with Crippen LogP contribution in [-0.4, -0.2) is 41.4 Å². The lowest BCUT2D eigenvalue weighted by Gasteiger charge is -2.27. The van der Waals surface area contributed by atoms with Crippen LogP contribution in [0.3, 0.4) is 0 Å². The molecular weight excluding hydrogens is 424 g/mol. The molecule has 1 fully saturated rings. The van der Waals surface area contributed by atoms with E-state index in [9.17, 15) is 9.59 Å². The number of ether oxygens (including phenoxy) is 1. The van der Waals surface area contributed by atoms with Gasteiger partial charge in [0.2, 0.25) is 0 Å². The highest BCUT2D eigenvalue weighted by Gasteiger charge is 2.22. The van der Waals surface area contributed by atoms with Gasteiger partial charge in [-0.1, -0.05) is 48.5 Å². The molecule has 0 N–H and O–H groups in total.